The highest BCUT2D eigenvalue weighted by molar-refractivity contribution is 5.80. The monoisotopic (exact) mass is 351 g/mol. The quantitative estimate of drug-likeness (QED) is 0.677. The van der Waals surface area contributed by atoms with Crippen LogP contribution in [0, 0.1) is 11.3 Å². The number of methoxy groups -OCH3 is 2. The lowest BCUT2D eigenvalue weighted by Gasteiger charge is -2.27. The molecule has 0 bridgehead atoms. The molecule has 1 aromatic carbocycles. The molecular weight excluding hydrogens is 322 g/mol. The first-order valence-electron chi connectivity index (χ1n) is 8.55. The molecular formula is C19H29NO5. The zero-order valence-electron chi connectivity index (χ0n) is 15.7. The molecule has 140 valence electrons. The van der Waals surface area contributed by atoms with E-state index < -0.39 is 11.4 Å². The molecule has 0 aromatic heterocycles. The van der Waals surface area contributed by atoms with Gasteiger partial charge in [-0.25, -0.2) is 0 Å². The summed E-state index contributed by atoms with van der Waals surface area (Å²) in [5, 5.41) is 12.2. The lowest BCUT2D eigenvalue weighted by atomic mass is 9.82. The van der Waals surface area contributed by atoms with Crippen molar-refractivity contribution < 1.29 is 24.2 Å². The van der Waals surface area contributed by atoms with Crippen LogP contribution in [0.1, 0.15) is 39.2 Å². The lowest BCUT2D eigenvalue weighted by molar-refractivity contribution is -0.149. The Bertz CT molecular complexity index is 595. The van der Waals surface area contributed by atoms with Crippen molar-refractivity contribution in [3.05, 3.63) is 23.8 Å². The van der Waals surface area contributed by atoms with Crippen LogP contribution in [0.4, 0.5) is 0 Å². The van der Waals surface area contributed by atoms with Crippen molar-refractivity contribution in [1.29, 1.82) is 0 Å². The van der Waals surface area contributed by atoms with Crippen molar-refractivity contribution in [1.82, 2.24) is 5.32 Å². The van der Waals surface area contributed by atoms with E-state index in [9.17, 15) is 14.7 Å². The van der Waals surface area contributed by atoms with Gasteiger partial charge in [0.05, 0.1) is 19.6 Å². The largest absolute Gasteiger partial charge is 0.493 e. The number of rotatable bonds is 10. The first-order chi connectivity index (χ1) is 11.8. The van der Waals surface area contributed by atoms with Gasteiger partial charge in [0.15, 0.2) is 11.5 Å². The van der Waals surface area contributed by atoms with E-state index in [1.807, 2.05) is 39.0 Å². The molecule has 6 nitrogen and oxygen atoms in total. The van der Waals surface area contributed by atoms with Crippen molar-refractivity contribution in [3.63, 3.8) is 0 Å². The van der Waals surface area contributed by atoms with E-state index in [1.54, 1.807) is 14.2 Å². The second-order valence-corrected chi connectivity index (χ2v) is 6.30. The molecule has 0 fully saturated rings. The minimum absolute atomic E-state index is 0.143. The molecule has 0 saturated heterocycles. The zero-order chi connectivity index (χ0) is 19.0. The molecule has 1 unspecified atom stereocenters. The Hall–Kier alpha value is -2.24. The number of benzene rings is 1. The van der Waals surface area contributed by atoms with Gasteiger partial charge in [-0.3, -0.25) is 9.59 Å². The van der Waals surface area contributed by atoms with Gasteiger partial charge in [-0.2, -0.15) is 0 Å². The van der Waals surface area contributed by atoms with E-state index in [1.165, 1.54) is 0 Å². The maximum atomic E-state index is 12.4. The van der Waals surface area contributed by atoms with Crippen LogP contribution in [0.2, 0.25) is 0 Å². The lowest BCUT2D eigenvalue weighted by Crippen LogP contribution is -2.44. The van der Waals surface area contributed by atoms with E-state index in [0.29, 0.717) is 30.8 Å². The number of carbonyl (C=O) groups is 2. The number of aliphatic carboxylic acids is 1. The summed E-state index contributed by atoms with van der Waals surface area (Å²) in [5.41, 5.74) is 0.0504. The van der Waals surface area contributed by atoms with Crippen LogP contribution in [-0.4, -0.2) is 37.7 Å². The van der Waals surface area contributed by atoms with E-state index in [2.05, 4.69) is 5.32 Å². The number of carboxylic acid groups (broad SMARTS) is 1. The predicted octanol–water partition coefficient (Wildman–Crippen LogP) is 2.89. The zero-order valence-corrected chi connectivity index (χ0v) is 15.7. The summed E-state index contributed by atoms with van der Waals surface area (Å²) in [5.74, 6) is -0.0408. The topological polar surface area (TPSA) is 84.9 Å². The van der Waals surface area contributed by atoms with Gasteiger partial charge in [0.1, 0.15) is 0 Å². The normalized spacial score (nSPS) is 12.4. The molecule has 1 aromatic rings. The van der Waals surface area contributed by atoms with Gasteiger partial charge < -0.3 is 19.9 Å². The third-order valence-electron chi connectivity index (χ3n) is 4.85. The van der Waals surface area contributed by atoms with Gasteiger partial charge in [-0.15, -0.1) is 0 Å². The SMILES string of the molecule is CCC(CC)(CNC(=O)C(C)Cc1ccc(OC)c(OC)c1)C(=O)O. The standard InChI is InChI=1S/C19H29NO5/c1-6-19(7-2,18(22)23)12-20-17(21)13(3)10-14-8-9-15(24-4)16(11-14)25-5/h8-9,11,13H,6-7,10,12H2,1-5H3,(H,20,21)(H,22,23). The van der Waals surface area contributed by atoms with Crippen LogP contribution in [0.25, 0.3) is 0 Å². The van der Waals surface area contributed by atoms with Crippen molar-refractivity contribution >= 4 is 11.9 Å². The molecule has 0 radical (unpaired) electrons. The maximum Gasteiger partial charge on any atom is 0.311 e. The Kier molecular flexibility index (Phi) is 7.74. The summed E-state index contributed by atoms with van der Waals surface area (Å²) in [6.45, 7) is 5.63. The summed E-state index contributed by atoms with van der Waals surface area (Å²) in [6.07, 6.45) is 1.48. The highest BCUT2D eigenvalue weighted by Gasteiger charge is 2.35. The maximum absolute atomic E-state index is 12.4. The second-order valence-electron chi connectivity index (χ2n) is 6.30. The van der Waals surface area contributed by atoms with Crippen molar-refractivity contribution in [2.75, 3.05) is 20.8 Å². The van der Waals surface area contributed by atoms with Gasteiger partial charge in [0.2, 0.25) is 5.91 Å². The minimum atomic E-state index is -0.904. The molecule has 1 atom stereocenters. The van der Waals surface area contributed by atoms with Crippen LogP contribution in [0.5, 0.6) is 11.5 Å². The number of carboxylic acids is 1. The molecule has 25 heavy (non-hydrogen) atoms. The minimum Gasteiger partial charge on any atom is -0.493 e. The Balaban J connectivity index is 2.73. The Labute approximate surface area is 149 Å². The van der Waals surface area contributed by atoms with Crippen molar-refractivity contribution in [3.8, 4) is 11.5 Å². The van der Waals surface area contributed by atoms with Crippen LogP contribution < -0.4 is 14.8 Å². The Morgan fingerprint density at radius 2 is 1.76 bits per heavy atom. The molecule has 6 heteroatoms. The molecule has 0 aliphatic carbocycles. The van der Waals surface area contributed by atoms with Crippen LogP contribution in [-0.2, 0) is 16.0 Å². The molecule has 0 spiro atoms. The molecule has 1 rings (SSSR count). The molecule has 0 aliphatic heterocycles. The average Bonchev–Trinajstić information content (AvgIpc) is 2.62. The number of ether oxygens (including phenoxy) is 2. The predicted molar refractivity (Wildman–Crippen MR) is 96.1 cm³/mol. The fourth-order valence-electron chi connectivity index (χ4n) is 2.76. The number of hydrogen-bond donors (Lipinski definition) is 2. The number of carbonyl (C=O) groups excluding carboxylic acids is 1. The number of amides is 1. The van der Waals surface area contributed by atoms with Crippen LogP contribution in [0.3, 0.4) is 0 Å². The third kappa shape index (κ3) is 5.11. The van der Waals surface area contributed by atoms with Crippen LogP contribution in [0.15, 0.2) is 18.2 Å². The summed E-state index contributed by atoms with van der Waals surface area (Å²) < 4.78 is 10.5. The summed E-state index contributed by atoms with van der Waals surface area (Å²) in [6, 6.07) is 5.55. The Morgan fingerprint density at radius 1 is 1.16 bits per heavy atom. The number of hydrogen-bond acceptors (Lipinski definition) is 4. The van der Waals surface area contributed by atoms with E-state index in [4.69, 9.17) is 9.47 Å². The summed E-state index contributed by atoms with van der Waals surface area (Å²) in [7, 11) is 3.14. The van der Waals surface area contributed by atoms with Gasteiger partial charge in [-0.05, 0) is 37.0 Å². The van der Waals surface area contributed by atoms with Gasteiger partial charge in [0.25, 0.3) is 0 Å². The van der Waals surface area contributed by atoms with Crippen molar-refractivity contribution in [2.24, 2.45) is 11.3 Å². The fraction of sp³-hybridized carbons (Fsp3) is 0.579. The third-order valence-corrected chi connectivity index (χ3v) is 4.85. The highest BCUT2D eigenvalue weighted by Crippen LogP contribution is 2.29. The van der Waals surface area contributed by atoms with E-state index in [-0.39, 0.29) is 18.4 Å². The molecule has 0 saturated carbocycles. The van der Waals surface area contributed by atoms with E-state index >= 15 is 0 Å². The Morgan fingerprint density at radius 3 is 2.24 bits per heavy atom. The van der Waals surface area contributed by atoms with Gasteiger partial charge >= 0.3 is 5.97 Å². The van der Waals surface area contributed by atoms with Crippen LogP contribution >= 0.6 is 0 Å². The second kappa shape index (κ2) is 9.30. The van der Waals surface area contributed by atoms with Gasteiger partial charge in [0, 0.05) is 12.5 Å². The molecule has 1 amide bonds. The smallest absolute Gasteiger partial charge is 0.311 e. The first kappa shape index (κ1) is 20.8. The summed E-state index contributed by atoms with van der Waals surface area (Å²) >= 11 is 0. The first-order valence-corrected chi connectivity index (χ1v) is 8.55. The average molecular weight is 351 g/mol. The molecule has 2 N–H and O–H groups in total. The summed E-state index contributed by atoms with van der Waals surface area (Å²) in [4.78, 5) is 23.9. The van der Waals surface area contributed by atoms with Gasteiger partial charge in [-0.1, -0.05) is 26.8 Å². The molecule has 0 aliphatic rings. The molecule has 0 heterocycles. The number of nitrogens with one attached hydrogen (secondary N) is 1. The van der Waals surface area contributed by atoms with E-state index in [0.717, 1.165) is 5.56 Å². The van der Waals surface area contributed by atoms with Crippen molar-refractivity contribution in [2.45, 2.75) is 40.0 Å². The highest BCUT2D eigenvalue weighted by atomic mass is 16.5. The fourth-order valence-corrected chi connectivity index (χ4v) is 2.76.